The van der Waals surface area contributed by atoms with Crippen molar-refractivity contribution in [3.63, 3.8) is 0 Å². The third-order valence-electron chi connectivity index (χ3n) is 6.15. The van der Waals surface area contributed by atoms with Crippen molar-refractivity contribution in [1.29, 1.82) is 5.26 Å². The largest absolute Gasteiger partial charge is 0.493 e. The minimum atomic E-state index is -0.857. The topological polar surface area (TPSA) is 121 Å². The number of rotatable bonds is 9. The number of ether oxygens (including phenoxy) is 5. The highest BCUT2D eigenvalue weighted by Gasteiger charge is 2.35. The Balaban J connectivity index is 1.97. The van der Waals surface area contributed by atoms with E-state index in [0.717, 1.165) is 0 Å². The van der Waals surface area contributed by atoms with Crippen LogP contribution in [0.5, 0.6) is 23.0 Å². The van der Waals surface area contributed by atoms with Crippen molar-refractivity contribution in [1.82, 2.24) is 4.57 Å². The highest BCUT2D eigenvalue weighted by atomic mass is 79.9. The lowest BCUT2D eigenvalue weighted by Gasteiger charge is -2.26. The zero-order valence-corrected chi connectivity index (χ0v) is 26.7. The Morgan fingerprint density at radius 2 is 1.78 bits per heavy atom. The number of hydrogen-bond acceptors (Lipinski definition) is 10. The number of benzene rings is 2. The normalized spacial score (nSPS) is 14.6. The number of fused-ring (bicyclic) bond motifs is 1. The lowest BCUT2D eigenvalue weighted by atomic mass is 9.95. The average molecular weight is 707 g/mol. The van der Waals surface area contributed by atoms with E-state index in [2.05, 4.69) is 36.9 Å². The first-order valence-electron chi connectivity index (χ1n) is 12.2. The van der Waals surface area contributed by atoms with E-state index >= 15 is 0 Å². The van der Waals surface area contributed by atoms with Gasteiger partial charge in [-0.05, 0) is 71.2 Å². The zero-order chi connectivity index (χ0) is 29.8. The highest BCUT2D eigenvalue weighted by Crippen LogP contribution is 2.41. The van der Waals surface area contributed by atoms with Gasteiger partial charge in [0.1, 0.15) is 6.07 Å². The molecule has 0 radical (unpaired) electrons. The van der Waals surface area contributed by atoms with Crippen molar-refractivity contribution in [3.05, 3.63) is 75.3 Å². The molecule has 0 aliphatic carbocycles. The van der Waals surface area contributed by atoms with Gasteiger partial charge in [-0.1, -0.05) is 27.3 Å². The molecule has 0 saturated carbocycles. The monoisotopic (exact) mass is 705 g/mol. The van der Waals surface area contributed by atoms with Gasteiger partial charge in [0.15, 0.2) is 34.4 Å². The number of halogens is 2. The van der Waals surface area contributed by atoms with Gasteiger partial charge in [0.05, 0.1) is 54.3 Å². The van der Waals surface area contributed by atoms with E-state index in [4.69, 9.17) is 28.9 Å². The minimum absolute atomic E-state index is 0.152. The SMILES string of the molecule is CCOC(=O)C1=C(C)N=c2s/c(=C\c3cc(Br)c(OCC#N)c(OC)c3)c(=O)n2[C@H]1c1cc(OC)c(OC)cc1Br. The third-order valence-corrected chi connectivity index (χ3v) is 8.40. The molecule has 2 aromatic carbocycles. The molecule has 1 atom stereocenters. The molecule has 0 fully saturated rings. The van der Waals surface area contributed by atoms with Crippen LogP contribution in [0.15, 0.2) is 54.3 Å². The Hall–Kier alpha value is -3.60. The van der Waals surface area contributed by atoms with E-state index in [-0.39, 0.29) is 24.3 Å². The second kappa shape index (κ2) is 12.9. The van der Waals surface area contributed by atoms with Gasteiger partial charge in [0.25, 0.3) is 5.56 Å². The molecule has 2 heterocycles. The molecule has 0 bridgehead atoms. The smallest absolute Gasteiger partial charge is 0.338 e. The Kier molecular flexibility index (Phi) is 9.57. The molecule has 4 rings (SSSR count). The maximum atomic E-state index is 14.0. The first-order chi connectivity index (χ1) is 19.7. The fourth-order valence-electron chi connectivity index (χ4n) is 4.38. The summed E-state index contributed by atoms with van der Waals surface area (Å²) in [6, 6.07) is 7.98. The summed E-state index contributed by atoms with van der Waals surface area (Å²) in [5.74, 6) is 1.11. The average Bonchev–Trinajstić information content (AvgIpc) is 3.25. The number of allylic oxidation sites excluding steroid dienone is 1. The van der Waals surface area contributed by atoms with E-state index in [1.165, 1.54) is 37.2 Å². The van der Waals surface area contributed by atoms with Gasteiger partial charge in [0, 0.05) is 4.47 Å². The summed E-state index contributed by atoms with van der Waals surface area (Å²) in [5, 5.41) is 8.89. The van der Waals surface area contributed by atoms with E-state index < -0.39 is 12.0 Å². The Labute approximate surface area is 256 Å². The van der Waals surface area contributed by atoms with Crippen LogP contribution < -0.4 is 33.8 Å². The quantitative estimate of drug-likeness (QED) is 0.303. The van der Waals surface area contributed by atoms with Crippen molar-refractivity contribution in [2.45, 2.75) is 19.9 Å². The number of carbonyl (C=O) groups is 1. The number of methoxy groups -OCH3 is 3. The summed E-state index contributed by atoms with van der Waals surface area (Å²) in [6.45, 7) is 3.44. The number of aromatic nitrogens is 1. The van der Waals surface area contributed by atoms with Gasteiger partial charge < -0.3 is 23.7 Å². The molecular weight excluding hydrogens is 682 g/mol. The second-order valence-corrected chi connectivity index (χ2v) is 11.2. The molecule has 0 amide bonds. The predicted molar refractivity (Wildman–Crippen MR) is 159 cm³/mol. The molecular formula is C28H25Br2N3O7S. The molecule has 10 nitrogen and oxygen atoms in total. The fourth-order valence-corrected chi connectivity index (χ4v) is 6.54. The van der Waals surface area contributed by atoms with E-state index in [0.29, 0.717) is 58.1 Å². The predicted octanol–water partition coefficient (Wildman–Crippen LogP) is 4.25. The first-order valence-corrected chi connectivity index (χ1v) is 14.6. The molecule has 13 heteroatoms. The third kappa shape index (κ3) is 5.91. The number of hydrogen-bond donors (Lipinski definition) is 0. The summed E-state index contributed by atoms with van der Waals surface area (Å²) in [7, 11) is 4.52. The van der Waals surface area contributed by atoms with Crippen molar-refractivity contribution < 1.29 is 28.5 Å². The molecule has 0 unspecified atom stereocenters. The van der Waals surface area contributed by atoms with Crippen LogP contribution in [0.2, 0.25) is 0 Å². The standard InChI is InChI=1S/C28H25Br2N3O7S/c1-6-39-27(35)23-14(2)32-28-33(24(23)16-12-19(36-3)20(37-4)13-17(16)29)26(34)22(41-28)11-15-9-18(30)25(40-8-7-31)21(10-15)38-5/h9-13,24H,6,8H2,1-5H3/b22-11-/t24-/m0/s1. The maximum Gasteiger partial charge on any atom is 0.338 e. The van der Waals surface area contributed by atoms with Crippen LogP contribution in [0.25, 0.3) is 6.08 Å². The van der Waals surface area contributed by atoms with Gasteiger partial charge in [-0.25, -0.2) is 9.79 Å². The summed E-state index contributed by atoms with van der Waals surface area (Å²) >= 11 is 8.24. The Morgan fingerprint density at radius 1 is 1.10 bits per heavy atom. The Bertz CT molecular complexity index is 1770. The lowest BCUT2D eigenvalue weighted by Crippen LogP contribution is -2.40. The summed E-state index contributed by atoms with van der Waals surface area (Å²) in [4.78, 5) is 32.3. The van der Waals surface area contributed by atoms with E-state index in [1.54, 1.807) is 44.2 Å². The molecule has 0 N–H and O–H groups in total. The minimum Gasteiger partial charge on any atom is -0.493 e. The number of nitriles is 1. The van der Waals surface area contributed by atoms with Crippen LogP contribution >= 0.6 is 43.2 Å². The number of esters is 1. The summed E-state index contributed by atoms with van der Waals surface area (Å²) < 4.78 is 30.3. The Morgan fingerprint density at radius 3 is 2.41 bits per heavy atom. The molecule has 1 aliphatic rings. The summed E-state index contributed by atoms with van der Waals surface area (Å²) in [5.41, 5.74) is 1.56. The van der Waals surface area contributed by atoms with Crippen LogP contribution in [-0.2, 0) is 9.53 Å². The molecule has 41 heavy (non-hydrogen) atoms. The zero-order valence-electron chi connectivity index (χ0n) is 22.7. The summed E-state index contributed by atoms with van der Waals surface area (Å²) in [6.07, 6.45) is 1.70. The number of carbonyl (C=O) groups excluding carboxylic acids is 1. The van der Waals surface area contributed by atoms with Crippen LogP contribution in [-0.4, -0.2) is 45.1 Å². The van der Waals surface area contributed by atoms with Gasteiger partial charge in [-0.3, -0.25) is 9.36 Å². The number of thiazole rings is 1. The van der Waals surface area contributed by atoms with Crippen molar-refractivity contribution in [2.75, 3.05) is 34.5 Å². The molecule has 1 aromatic heterocycles. The second-order valence-electron chi connectivity index (χ2n) is 8.51. The van der Waals surface area contributed by atoms with Gasteiger partial charge >= 0.3 is 5.97 Å². The van der Waals surface area contributed by atoms with Crippen LogP contribution in [0.4, 0.5) is 0 Å². The first kappa shape index (κ1) is 30.4. The fraction of sp³-hybridized carbons (Fsp3) is 0.286. The lowest BCUT2D eigenvalue weighted by molar-refractivity contribution is -0.139. The molecule has 214 valence electrons. The highest BCUT2D eigenvalue weighted by molar-refractivity contribution is 9.10. The van der Waals surface area contributed by atoms with Gasteiger partial charge in [0.2, 0.25) is 0 Å². The maximum absolute atomic E-state index is 14.0. The molecule has 1 aliphatic heterocycles. The van der Waals surface area contributed by atoms with Crippen molar-refractivity contribution in [3.8, 4) is 29.1 Å². The molecule has 0 spiro atoms. The van der Waals surface area contributed by atoms with E-state index in [1.807, 2.05) is 6.07 Å². The number of nitrogens with zero attached hydrogens (tertiary/aromatic N) is 3. The molecule has 0 saturated heterocycles. The van der Waals surface area contributed by atoms with Crippen LogP contribution in [0.1, 0.15) is 31.0 Å². The van der Waals surface area contributed by atoms with E-state index in [9.17, 15) is 9.59 Å². The molecule has 3 aromatic rings. The van der Waals surface area contributed by atoms with Crippen LogP contribution in [0.3, 0.4) is 0 Å². The van der Waals surface area contributed by atoms with Crippen molar-refractivity contribution in [2.24, 2.45) is 4.99 Å². The van der Waals surface area contributed by atoms with Crippen molar-refractivity contribution >= 4 is 55.2 Å². The van der Waals surface area contributed by atoms with Crippen LogP contribution in [0, 0.1) is 11.3 Å². The van der Waals surface area contributed by atoms with Gasteiger partial charge in [-0.2, -0.15) is 5.26 Å². The van der Waals surface area contributed by atoms with Gasteiger partial charge in [-0.15, -0.1) is 0 Å².